The first kappa shape index (κ1) is 22.2. The molecular formula is C25H25FN8O3. The Kier molecular flexibility index (Phi) is 4.64. The summed E-state index contributed by atoms with van der Waals surface area (Å²) in [5.74, 6) is 0.570. The summed E-state index contributed by atoms with van der Waals surface area (Å²) in [7, 11) is 3.24. The summed E-state index contributed by atoms with van der Waals surface area (Å²) in [5.41, 5.74) is 8.67. The lowest BCUT2D eigenvalue weighted by Gasteiger charge is -2.31. The second-order valence-electron chi connectivity index (χ2n) is 10.0. The first-order valence-electron chi connectivity index (χ1n) is 12.2. The third kappa shape index (κ3) is 3.18. The number of hydrogen-bond donors (Lipinski definition) is 4. The van der Waals surface area contributed by atoms with Gasteiger partial charge in [-0.1, -0.05) is 0 Å². The molecule has 12 heteroatoms. The van der Waals surface area contributed by atoms with Crippen molar-refractivity contribution < 1.29 is 19.0 Å². The van der Waals surface area contributed by atoms with Gasteiger partial charge in [0.2, 0.25) is 0 Å². The van der Waals surface area contributed by atoms with E-state index in [1.807, 2.05) is 0 Å². The first-order chi connectivity index (χ1) is 17.8. The highest BCUT2D eigenvalue weighted by Gasteiger charge is 2.44. The molecular weight excluding hydrogens is 479 g/mol. The fraction of sp³-hybridized carbons (Fsp3) is 0.360. The Bertz CT molecular complexity index is 1600. The Morgan fingerprint density at radius 3 is 2.84 bits per heavy atom. The van der Waals surface area contributed by atoms with Gasteiger partial charge in [0, 0.05) is 38.1 Å². The average Bonchev–Trinajstić information content (AvgIpc) is 3.62. The zero-order chi connectivity index (χ0) is 25.6. The molecule has 2 bridgehead atoms. The number of rotatable bonds is 4. The summed E-state index contributed by atoms with van der Waals surface area (Å²) in [4.78, 5) is 32.8. The second kappa shape index (κ2) is 7.73. The van der Waals surface area contributed by atoms with Gasteiger partial charge in [0.1, 0.15) is 28.7 Å². The number of nitrogens with one attached hydrogen (secondary N) is 2. The summed E-state index contributed by atoms with van der Waals surface area (Å²) in [6.07, 6.45) is 2.17. The van der Waals surface area contributed by atoms with Crippen molar-refractivity contribution in [3.8, 4) is 11.8 Å². The number of aromatic amines is 1. The molecule has 5 heterocycles. The number of benzene rings is 1. The van der Waals surface area contributed by atoms with E-state index in [1.54, 1.807) is 7.05 Å². The Balaban J connectivity index is 1.37. The second-order valence-corrected chi connectivity index (χ2v) is 10.0. The molecule has 2 fully saturated rings. The number of halogens is 1. The zero-order valence-corrected chi connectivity index (χ0v) is 20.2. The van der Waals surface area contributed by atoms with Crippen molar-refractivity contribution in [1.29, 1.82) is 0 Å². The molecule has 3 aromatic heterocycles. The molecule has 1 unspecified atom stereocenters. The van der Waals surface area contributed by atoms with Crippen molar-refractivity contribution in [2.75, 3.05) is 30.9 Å². The standard InChI is InChI=1S/C25H25FN8O3/c1-28-17-5-11(26)4-14-18-21(30-19(14)17)31-25(32-22(18)34-9-10-3-12(34)6-16(10)27)37-13-7-15-20(29-8-13)24(36)33(2)23(15)35/h4-5,7-8,10,12,16,24,28,36H,3,6,9,27H2,1-2H3,(H,30,31,32)/t10-,12-,16-,24?/m1/s1. The summed E-state index contributed by atoms with van der Waals surface area (Å²) < 4.78 is 20.6. The van der Waals surface area contributed by atoms with E-state index in [0.717, 1.165) is 24.9 Å². The molecule has 5 N–H and O–H groups in total. The average molecular weight is 505 g/mol. The highest BCUT2D eigenvalue weighted by molar-refractivity contribution is 6.14. The molecule has 4 aromatic rings. The SMILES string of the molecule is CNc1cc(F)cc2c1[nH]c1nc(Oc3cnc4c(c3)C(=O)N(C)C4O)nc(N3C[C@H]4C[C@@H]3C[C@H]4N)c12. The fourth-order valence-corrected chi connectivity index (χ4v) is 6.01. The van der Waals surface area contributed by atoms with Gasteiger partial charge >= 0.3 is 6.01 Å². The van der Waals surface area contributed by atoms with Gasteiger partial charge in [-0.3, -0.25) is 9.78 Å². The molecule has 4 atom stereocenters. The van der Waals surface area contributed by atoms with E-state index in [1.165, 1.54) is 36.3 Å². The number of carbonyl (C=O) groups is 1. The zero-order valence-electron chi connectivity index (χ0n) is 20.2. The summed E-state index contributed by atoms with van der Waals surface area (Å²) in [6.45, 7) is 0.747. The van der Waals surface area contributed by atoms with Crippen LogP contribution in [0.2, 0.25) is 0 Å². The largest absolute Gasteiger partial charge is 0.423 e. The lowest BCUT2D eigenvalue weighted by molar-refractivity contribution is 0.0285. The van der Waals surface area contributed by atoms with Crippen molar-refractivity contribution in [2.24, 2.45) is 11.7 Å². The van der Waals surface area contributed by atoms with Crippen LogP contribution >= 0.6 is 0 Å². The number of ether oxygens (including phenoxy) is 1. The number of aliphatic hydroxyl groups is 1. The number of anilines is 2. The number of aromatic nitrogens is 4. The minimum absolute atomic E-state index is 0.0636. The lowest BCUT2D eigenvalue weighted by atomic mass is 10.0. The van der Waals surface area contributed by atoms with Gasteiger partial charge in [-0.25, -0.2) is 4.39 Å². The van der Waals surface area contributed by atoms with Crippen LogP contribution in [0.4, 0.5) is 15.9 Å². The molecule has 1 aliphatic carbocycles. The Hall–Kier alpha value is -4.03. The number of carbonyl (C=O) groups excluding carboxylic acids is 1. The maximum Gasteiger partial charge on any atom is 0.326 e. The van der Waals surface area contributed by atoms with Crippen LogP contribution in [0.3, 0.4) is 0 Å². The number of amides is 1. The van der Waals surface area contributed by atoms with E-state index in [4.69, 9.17) is 15.5 Å². The first-order valence-corrected chi connectivity index (χ1v) is 12.2. The number of hydrogen-bond acceptors (Lipinski definition) is 9. The van der Waals surface area contributed by atoms with Crippen LogP contribution in [0.25, 0.3) is 21.9 Å². The molecule has 0 spiro atoms. The maximum absolute atomic E-state index is 14.6. The highest BCUT2D eigenvalue weighted by atomic mass is 19.1. The monoisotopic (exact) mass is 504 g/mol. The molecule has 11 nitrogen and oxygen atoms in total. The number of nitrogens with two attached hydrogens (primary N) is 1. The quantitative estimate of drug-likeness (QED) is 0.329. The minimum Gasteiger partial charge on any atom is -0.423 e. The van der Waals surface area contributed by atoms with Gasteiger partial charge < -0.3 is 35.7 Å². The van der Waals surface area contributed by atoms with E-state index >= 15 is 0 Å². The molecule has 1 saturated heterocycles. The van der Waals surface area contributed by atoms with Crippen LogP contribution in [0.15, 0.2) is 24.4 Å². The van der Waals surface area contributed by atoms with Crippen molar-refractivity contribution in [1.82, 2.24) is 24.8 Å². The number of H-pyrrole nitrogens is 1. The Morgan fingerprint density at radius 2 is 2.11 bits per heavy atom. The lowest BCUT2D eigenvalue weighted by Crippen LogP contribution is -2.41. The number of aliphatic hydroxyl groups excluding tert-OH is 1. The smallest absolute Gasteiger partial charge is 0.326 e. The number of fused-ring (bicyclic) bond motifs is 6. The summed E-state index contributed by atoms with van der Waals surface area (Å²) >= 11 is 0. The van der Waals surface area contributed by atoms with Crippen molar-refractivity contribution in [3.63, 3.8) is 0 Å². The topological polar surface area (TPSA) is 146 Å². The summed E-state index contributed by atoms with van der Waals surface area (Å²) in [6, 6.07) is 4.89. The predicted molar refractivity (Wildman–Crippen MR) is 134 cm³/mol. The normalized spacial score (nSPS) is 24.5. The van der Waals surface area contributed by atoms with E-state index in [0.29, 0.717) is 33.8 Å². The van der Waals surface area contributed by atoms with Crippen molar-refractivity contribution >= 4 is 39.3 Å². The van der Waals surface area contributed by atoms with Gasteiger partial charge in [-0.05, 0) is 37.0 Å². The van der Waals surface area contributed by atoms with Crippen molar-refractivity contribution in [3.05, 3.63) is 41.5 Å². The van der Waals surface area contributed by atoms with Gasteiger partial charge in [0.25, 0.3) is 5.91 Å². The van der Waals surface area contributed by atoms with Gasteiger partial charge in [0.15, 0.2) is 6.23 Å². The number of nitrogens with zero attached hydrogens (tertiary/aromatic N) is 5. The van der Waals surface area contributed by atoms with Crippen LogP contribution < -0.4 is 20.7 Å². The van der Waals surface area contributed by atoms with E-state index < -0.39 is 6.23 Å². The molecule has 3 aliphatic rings. The number of pyridine rings is 1. The molecule has 0 radical (unpaired) electrons. The van der Waals surface area contributed by atoms with E-state index in [9.17, 15) is 14.3 Å². The molecule has 7 rings (SSSR count). The van der Waals surface area contributed by atoms with Crippen LogP contribution in [0.1, 0.15) is 35.1 Å². The summed E-state index contributed by atoms with van der Waals surface area (Å²) in [5, 5.41) is 14.6. The highest BCUT2D eigenvalue weighted by Crippen LogP contribution is 2.44. The number of piperidine rings is 1. The van der Waals surface area contributed by atoms with Crippen LogP contribution in [0, 0.1) is 11.7 Å². The molecule has 37 heavy (non-hydrogen) atoms. The molecule has 1 aromatic carbocycles. The van der Waals surface area contributed by atoms with Crippen LogP contribution in [-0.4, -0.2) is 68.6 Å². The molecule has 1 saturated carbocycles. The van der Waals surface area contributed by atoms with Crippen molar-refractivity contribution in [2.45, 2.75) is 31.2 Å². The van der Waals surface area contributed by atoms with E-state index in [2.05, 4.69) is 25.2 Å². The van der Waals surface area contributed by atoms with Crippen LogP contribution in [0.5, 0.6) is 11.8 Å². The van der Waals surface area contributed by atoms with Gasteiger partial charge in [-0.15, -0.1) is 0 Å². The Morgan fingerprint density at radius 1 is 1.27 bits per heavy atom. The molecule has 1 amide bonds. The molecule has 190 valence electrons. The molecule has 2 aliphatic heterocycles. The third-order valence-corrected chi connectivity index (χ3v) is 7.89. The predicted octanol–water partition coefficient (Wildman–Crippen LogP) is 2.48. The minimum atomic E-state index is -1.10. The van der Waals surface area contributed by atoms with Crippen LogP contribution in [-0.2, 0) is 0 Å². The maximum atomic E-state index is 14.6. The van der Waals surface area contributed by atoms with E-state index in [-0.39, 0.29) is 46.8 Å². The third-order valence-electron chi connectivity index (χ3n) is 7.89. The Labute approximate surface area is 210 Å². The fourth-order valence-electron chi connectivity index (χ4n) is 6.01. The van der Waals surface area contributed by atoms with Gasteiger partial charge in [0.05, 0.1) is 28.4 Å². The van der Waals surface area contributed by atoms with Gasteiger partial charge in [-0.2, -0.15) is 9.97 Å².